The van der Waals surface area contributed by atoms with Crippen molar-refractivity contribution in [2.45, 2.75) is 130 Å². The normalized spacial score (nSPS) is 37.7. The largest absolute Gasteiger partial charge is 0.422 e. The fourth-order valence-corrected chi connectivity index (χ4v) is 9.58. The molecule has 4 rings (SSSR count). The molecule has 6 heteroatoms. The second-order valence-electron chi connectivity index (χ2n) is 14.2. The van der Waals surface area contributed by atoms with Crippen molar-refractivity contribution in [2.75, 3.05) is 7.11 Å². The molecule has 0 aromatic carbocycles. The highest BCUT2D eigenvalue weighted by Gasteiger charge is 2.61. The number of aliphatic hydroxyl groups is 1. The molecule has 4 aliphatic rings. The fraction of sp³-hybridized carbons (Fsp3) is 0.875. The lowest BCUT2D eigenvalue weighted by Gasteiger charge is -2.59. The third-order valence-corrected chi connectivity index (χ3v) is 11.4. The molecule has 6 nitrogen and oxygen atoms in total. The molecule has 3 saturated carbocycles. The van der Waals surface area contributed by atoms with Gasteiger partial charge in [0, 0.05) is 33.8 Å². The number of hydrogen-bond acceptors (Lipinski definition) is 6. The van der Waals surface area contributed by atoms with Gasteiger partial charge in [0.1, 0.15) is 0 Å². The summed E-state index contributed by atoms with van der Waals surface area (Å²) in [6.07, 6.45) is 12.2. The van der Waals surface area contributed by atoms with Crippen molar-refractivity contribution in [3.8, 4) is 0 Å². The molecule has 1 unspecified atom stereocenters. The van der Waals surface area contributed by atoms with Crippen LogP contribution in [0.15, 0.2) is 11.6 Å². The van der Waals surface area contributed by atoms with Crippen LogP contribution in [0.4, 0.5) is 0 Å². The third-order valence-electron chi connectivity index (χ3n) is 11.4. The minimum absolute atomic E-state index is 0.0551. The van der Waals surface area contributed by atoms with Crippen molar-refractivity contribution in [3.63, 3.8) is 0 Å². The van der Waals surface area contributed by atoms with Crippen LogP contribution >= 0.6 is 0 Å². The Labute approximate surface area is 230 Å². The summed E-state index contributed by atoms with van der Waals surface area (Å²) in [5.74, 6) is 1.09. The Kier molecular flexibility index (Phi) is 8.20. The van der Waals surface area contributed by atoms with Crippen LogP contribution in [0, 0.1) is 40.4 Å². The second kappa shape index (κ2) is 10.5. The summed E-state index contributed by atoms with van der Waals surface area (Å²) >= 11 is 0. The second-order valence-corrected chi connectivity index (χ2v) is 14.2. The van der Waals surface area contributed by atoms with E-state index in [0.29, 0.717) is 47.8 Å². The first kappa shape index (κ1) is 29.6. The van der Waals surface area contributed by atoms with Crippen molar-refractivity contribution in [1.29, 1.82) is 0 Å². The zero-order valence-corrected chi connectivity index (χ0v) is 25.1. The van der Waals surface area contributed by atoms with Gasteiger partial charge in [-0.25, -0.2) is 0 Å². The molecular weight excluding hydrogens is 480 g/mol. The van der Waals surface area contributed by atoms with E-state index in [2.05, 4.69) is 26.8 Å². The van der Waals surface area contributed by atoms with Crippen molar-refractivity contribution in [2.24, 2.45) is 40.4 Å². The van der Waals surface area contributed by atoms with Crippen molar-refractivity contribution in [1.82, 2.24) is 0 Å². The van der Waals surface area contributed by atoms with E-state index in [1.807, 2.05) is 21.0 Å². The number of ether oxygens (including phenoxy) is 3. The van der Waals surface area contributed by atoms with E-state index < -0.39 is 23.3 Å². The molecular formula is C32H52O6. The summed E-state index contributed by atoms with van der Waals surface area (Å²) in [5, 5.41) is 10.3. The average Bonchev–Trinajstić information content (AvgIpc) is 3.15. The van der Waals surface area contributed by atoms with Gasteiger partial charge >= 0.3 is 11.9 Å². The highest BCUT2D eigenvalue weighted by molar-refractivity contribution is 5.69. The molecule has 0 aromatic heterocycles. The van der Waals surface area contributed by atoms with Gasteiger partial charge in [-0.05, 0) is 106 Å². The van der Waals surface area contributed by atoms with E-state index in [0.717, 1.165) is 25.7 Å². The Morgan fingerprint density at radius 2 is 1.71 bits per heavy atom. The monoisotopic (exact) mass is 532 g/mol. The summed E-state index contributed by atoms with van der Waals surface area (Å²) in [4.78, 5) is 23.8. The van der Waals surface area contributed by atoms with Crippen molar-refractivity contribution in [3.05, 3.63) is 11.6 Å². The van der Waals surface area contributed by atoms with Crippen LogP contribution in [-0.4, -0.2) is 41.6 Å². The number of carbonyl (C=O) groups excluding carboxylic acids is 2. The van der Waals surface area contributed by atoms with Gasteiger partial charge in [0.15, 0.2) is 0 Å². The lowest BCUT2D eigenvalue weighted by atomic mass is 9.46. The molecule has 0 bridgehead atoms. The lowest BCUT2D eigenvalue weighted by Crippen LogP contribution is -2.54. The highest BCUT2D eigenvalue weighted by atomic mass is 16.7. The van der Waals surface area contributed by atoms with E-state index in [9.17, 15) is 14.7 Å². The standard InChI is InChI=1S/C32H52O6/c1-20(28(36-8)14-15-29(4,5)35)25-11-12-26-24-10-9-23-19-32(37-21(2)33,38-22(3)34)18-17-30(23,6)27(24)13-16-31(25,26)7/h9,20,24-28,35H,10-19H2,1-8H3/t20-,24-,25+,26-,27-,28?,30-,31+/m0/s1. The van der Waals surface area contributed by atoms with Gasteiger partial charge in [-0.1, -0.05) is 32.4 Å². The van der Waals surface area contributed by atoms with Crippen molar-refractivity contribution < 1.29 is 28.9 Å². The molecule has 4 aliphatic carbocycles. The minimum atomic E-state index is -1.16. The highest BCUT2D eigenvalue weighted by Crippen LogP contribution is 2.68. The first-order chi connectivity index (χ1) is 17.6. The lowest BCUT2D eigenvalue weighted by molar-refractivity contribution is -0.238. The van der Waals surface area contributed by atoms with Gasteiger partial charge in [0.2, 0.25) is 0 Å². The predicted molar refractivity (Wildman–Crippen MR) is 147 cm³/mol. The minimum Gasteiger partial charge on any atom is -0.422 e. The van der Waals surface area contributed by atoms with Gasteiger partial charge in [0.05, 0.1) is 11.7 Å². The maximum atomic E-state index is 11.9. The molecule has 1 N–H and O–H groups in total. The zero-order chi connectivity index (χ0) is 28.1. The van der Waals surface area contributed by atoms with Gasteiger partial charge in [-0.2, -0.15) is 0 Å². The van der Waals surface area contributed by atoms with Crippen LogP contribution in [0.1, 0.15) is 113 Å². The van der Waals surface area contributed by atoms with Crippen LogP contribution in [0.3, 0.4) is 0 Å². The van der Waals surface area contributed by atoms with Crippen LogP contribution in [-0.2, 0) is 23.8 Å². The molecule has 0 heterocycles. The Morgan fingerprint density at radius 3 is 2.29 bits per heavy atom. The first-order valence-electron chi connectivity index (χ1n) is 15.0. The van der Waals surface area contributed by atoms with E-state index in [1.54, 1.807) is 0 Å². The first-order valence-corrected chi connectivity index (χ1v) is 15.0. The maximum Gasteiger partial charge on any atom is 0.305 e. The van der Waals surface area contributed by atoms with Gasteiger partial charge in [-0.3, -0.25) is 9.59 Å². The average molecular weight is 533 g/mol. The van der Waals surface area contributed by atoms with E-state index in [1.165, 1.54) is 45.1 Å². The molecule has 0 spiro atoms. The Bertz CT molecular complexity index is 917. The van der Waals surface area contributed by atoms with Crippen LogP contribution in [0.25, 0.3) is 0 Å². The van der Waals surface area contributed by atoms with Gasteiger partial charge in [0.25, 0.3) is 5.79 Å². The third kappa shape index (κ3) is 5.46. The Morgan fingerprint density at radius 1 is 1.05 bits per heavy atom. The number of fused-ring (bicyclic) bond motifs is 5. The Balaban J connectivity index is 1.53. The molecule has 0 amide bonds. The quantitative estimate of drug-likeness (QED) is 0.216. The Hall–Kier alpha value is -1.40. The van der Waals surface area contributed by atoms with Crippen LogP contribution in [0.2, 0.25) is 0 Å². The number of carbonyl (C=O) groups is 2. The predicted octanol–water partition coefficient (Wildman–Crippen LogP) is 6.59. The number of esters is 2. The summed E-state index contributed by atoms with van der Waals surface area (Å²) in [7, 11) is 1.83. The van der Waals surface area contributed by atoms with Crippen LogP contribution in [0.5, 0.6) is 0 Å². The van der Waals surface area contributed by atoms with Gasteiger partial charge < -0.3 is 19.3 Å². The van der Waals surface area contributed by atoms with Gasteiger partial charge in [-0.15, -0.1) is 0 Å². The summed E-state index contributed by atoms with van der Waals surface area (Å²) in [6.45, 7) is 13.9. The smallest absolute Gasteiger partial charge is 0.305 e. The maximum absolute atomic E-state index is 11.9. The number of allylic oxidation sites excluding steroid dienone is 1. The molecule has 216 valence electrons. The van der Waals surface area contributed by atoms with E-state index >= 15 is 0 Å². The van der Waals surface area contributed by atoms with E-state index in [4.69, 9.17) is 14.2 Å². The van der Waals surface area contributed by atoms with Crippen molar-refractivity contribution >= 4 is 11.9 Å². The summed E-state index contributed by atoms with van der Waals surface area (Å²) < 4.78 is 17.4. The summed E-state index contributed by atoms with van der Waals surface area (Å²) in [6, 6.07) is 0. The molecule has 38 heavy (non-hydrogen) atoms. The van der Waals surface area contributed by atoms with Crippen LogP contribution < -0.4 is 0 Å². The molecule has 8 atom stereocenters. The molecule has 0 saturated heterocycles. The zero-order valence-electron chi connectivity index (χ0n) is 25.1. The van der Waals surface area contributed by atoms with E-state index in [-0.39, 0.29) is 11.5 Å². The topological polar surface area (TPSA) is 82.1 Å². The summed E-state index contributed by atoms with van der Waals surface area (Å²) in [5.41, 5.74) is 1.01. The molecule has 0 aromatic rings. The molecule has 3 fully saturated rings. The molecule has 0 aliphatic heterocycles. The number of hydrogen-bond donors (Lipinski definition) is 1. The fourth-order valence-electron chi connectivity index (χ4n) is 9.58. The number of methoxy groups -OCH3 is 1. The number of rotatable bonds is 8. The SMILES string of the molecule is COC(CCC(C)(C)O)[C@@H](C)[C@H]1CC[C@H]2[C@@H]3CC=C4CC(OC(C)=O)(OC(C)=O)CC[C@]4(C)[C@H]3CC[C@]12C. The molecule has 0 radical (unpaired) electrons.